The molecule has 0 spiro atoms. The van der Waals surface area contributed by atoms with Crippen molar-refractivity contribution in [3.05, 3.63) is 94.5 Å². The maximum absolute atomic E-state index is 12.5. The third kappa shape index (κ3) is 4.29. The van der Waals surface area contributed by atoms with Crippen molar-refractivity contribution in [3.63, 3.8) is 0 Å². The summed E-state index contributed by atoms with van der Waals surface area (Å²) in [4.78, 5) is 24.9. The van der Waals surface area contributed by atoms with Gasteiger partial charge in [-0.2, -0.15) is 0 Å². The van der Waals surface area contributed by atoms with Gasteiger partial charge in [0.05, 0.1) is 0 Å². The number of para-hydroxylation sites is 1. The molecule has 0 aromatic heterocycles. The number of carbonyl (C=O) groups excluding carboxylic acids is 2. The van der Waals surface area contributed by atoms with E-state index in [0.717, 1.165) is 11.3 Å². The molecule has 5 heteroatoms. The summed E-state index contributed by atoms with van der Waals surface area (Å²) in [5.41, 5.74) is 3.16. The molecule has 0 saturated carbocycles. The molecule has 0 aliphatic carbocycles. The van der Waals surface area contributed by atoms with Crippen molar-refractivity contribution in [2.75, 3.05) is 10.6 Å². The number of hydrogen-bond acceptors (Lipinski definition) is 2. The van der Waals surface area contributed by atoms with Crippen LogP contribution in [-0.4, -0.2) is 11.8 Å². The van der Waals surface area contributed by atoms with Crippen LogP contribution in [0.1, 0.15) is 26.3 Å². The molecule has 0 radical (unpaired) electrons. The van der Waals surface area contributed by atoms with Crippen molar-refractivity contribution in [2.24, 2.45) is 0 Å². The van der Waals surface area contributed by atoms with Crippen LogP contribution in [0.25, 0.3) is 0 Å². The van der Waals surface area contributed by atoms with Crippen molar-refractivity contribution in [2.45, 2.75) is 6.92 Å². The topological polar surface area (TPSA) is 58.2 Å². The lowest BCUT2D eigenvalue weighted by Gasteiger charge is -2.09. The Morgan fingerprint density at radius 1 is 0.769 bits per heavy atom. The number of hydrogen-bond donors (Lipinski definition) is 2. The van der Waals surface area contributed by atoms with Crippen LogP contribution >= 0.6 is 11.6 Å². The van der Waals surface area contributed by atoms with Gasteiger partial charge in [0.25, 0.3) is 11.8 Å². The molecule has 2 amide bonds. The van der Waals surface area contributed by atoms with Crippen LogP contribution in [0, 0.1) is 6.92 Å². The van der Waals surface area contributed by atoms with Gasteiger partial charge in [0.15, 0.2) is 0 Å². The Morgan fingerprint density at radius 3 is 2.04 bits per heavy atom. The minimum absolute atomic E-state index is 0.263. The second-order valence-corrected chi connectivity index (χ2v) is 6.25. The smallest absolute Gasteiger partial charge is 0.255 e. The van der Waals surface area contributed by atoms with Crippen molar-refractivity contribution in [3.8, 4) is 0 Å². The monoisotopic (exact) mass is 364 g/mol. The summed E-state index contributed by atoms with van der Waals surface area (Å²) < 4.78 is 0. The van der Waals surface area contributed by atoms with Crippen LogP contribution in [0.5, 0.6) is 0 Å². The minimum atomic E-state index is -0.294. The average Bonchev–Trinajstić information content (AvgIpc) is 2.65. The molecule has 26 heavy (non-hydrogen) atoms. The number of rotatable bonds is 4. The zero-order chi connectivity index (χ0) is 18.5. The van der Waals surface area contributed by atoms with Crippen LogP contribution in [0.2, 0.25) is 5.02 Å². The van der Waals surface area contributed by atoms with E-state index < -0.39 is 0 Å². The van der Waals surface area contributed by atoms with Gasteiger partial charge < -0.3 is 10.6 Å². The molecular formula is C21H17ClN2O2. The number of halogens is 1. The standard InChI is InChI=1S/C21H17ClN2O2/c1-14-5-2-3-8-19(14)24-21(26)16-7-4-6-15(13-16)20(25)23-18-11-9-17(22)10-12-18/h2-13H,1H3,(H,23,25)(H,24,26). The van der Waals surface area contributed by atoms with Crippen molar-refractivity contribution in [1.82, 2.24) is 0 Å². The molecule has 0 heterocycles. The number of carbonyl (C=O) groups is 2. The molecule has 4 nitrogen and oxygen atoms in total. The van der Waals surface area contributed by atoms with Gasteiger partial charge in [-0.25, -0.2) is 0 Å². The van der Waals surface area contributed by atoms with E-state index in [1.54, 1.807) is 48.5 Å². The molecule has 3 rings (SSSR count). The third-order valence-corrected chi connectivity index (χ3v) is 4.13. The van der Waals surface area contributed by atoms with E-state index in [-0.39, 0.29) is 11.8 Å². The molecular weight excluding hydrogens is 348 g/mol. The molecule has 3 aromatic carbocycles. The fraction of sp³-hybridized carbons (Fsp3) is 0.0476. The molecule has 0 fully saturated rings. The molecule has 0 atom stereocenters. The first-order valence-corrected chi connectivity index (χ1v) is 8.45. The van der Waals surface area contributed by atoms with Gasteiger partial charge >= 0.3 is 0 Å². The summed E-state index contributed by atoms with van der Waals surface area (Å²) in [5.74, 6) is -0.557. The lowest BCUT2D eigenvalue weighted by atomic mass is 10.1. The Bertz CT molecular complexity index is 952. The SMILES string of the molecule is Cc1ccccc1NC(=O)c1cccc(C(=O)Nc2ccc(Cl)cc2)c1. The minimum Gasteiger partial charge on any atom is -0.322 e. The molecule has 130 valence electrons. The van der Waals surface area contributed by atoms with Gasteiger partial charge in [-0.1, -0.05) is 35.9 Å². The van der Waals surface area contributed by atoms with Gasteiger partial charge in [0.1, 0.15) is 0 Å². The number of aryl methyl sites for hydroxylation is 1. The predicted molar refractivity (Wildman–Crippen MR) is 105 cm³/mol. The van der Waals surface area contributed by atoms with Crippen molar-refractivity contribution in [1.29, 1.82) is 0 Å². The van der Waals surface area contributed by atoms with Crippen LogP contribution in [0.4, 0.5) is 11.4 Å². The van der Waals surface area contributed by atoms with Crippen LogP contribution < -0.4 is 10.6 Å². The Kier molecular flexibility index (Phi) is 5.34. The zero-order valence-electron chi connectivity index (χ0n) is 14.1. The normalized spacial score (nSPS) is 10.2. The van der Waals surface area contributed by atoms with Crippen LogP contribution in [0.15, 0.2) is 72.8 Å². The van der Waals surface area contributed by atoms with E-state index in [1.807, 2.05) is 31.2 Å². The quantitative estimate of drug-likeness (QED) is 0.672. The lowest BCUT2D eigenvalue weighted by molar-refractivity contribution is 0.102. The Morgan fingerprint density at radius 2 is 1.38 bits per heavy atom. The molecule has 0 saturated heterocycles. The number of anilines is 2. The van der Waals surface area contributed by atoms with Crippen molar-refractivity contribution >= 4 is 34.8 Å². The fourth-order valence-corrected chi connectivity index (χ4v) is 2.57. The molecule has 3 aromatic rings. The zero-order valence-corrected chi connectivity index (χ0v) is 14.9. The van der Waals surface area contributed by atoms with Crippen LogP contribution in [0.3, 0.4) is 0 Å². The number of nitrogens with one attached hydrogen (secondary N) is 2. The number of benzene rings is 3. The van der Waals surface area contributed by atoms with E-state index in [0.29, 0.717) is 21.8 Å². The maximum atomic E-state index is 12.5. The molecule has 0 unspecified atom stereocenters. The summed E-state index contributed by atoms with van der Waals surface area (Å²) in [5, 5.41) is 6.24. The first-order chi connectivity index (χ1) is 12.5. The highest BCUT2D eigenvalue weighted by molar-refractivity contribution is 6.30. The Labute approximate surface area is 156 Å². The Hall–Kier alpha value is -3.11. The highest BCUT2D eigenvalue weighted by Gasteiger charge is 2.12. The highest BCUT2D eigenvalue weighted by atomic mass is 35.5. The largest absolute Gasteiger partial charge is 0.322 e. The van der Waals surface area contributed by atoms with E-state index in [9.17, 15) is 9.59 Å². The number of amides is 2. The fourth-order valence-electron chi connectivity index (χ4n) is 2.45. The lowest BCUT2D eigenvalue weighted by Crippen LogP contribution is -2.16. The summed E-state index contributed by atoms with van der Waals surface area (Å²) >= 11 is 5.84. The first kappa shape index (κ1) is 17.7. The summed E-state index contributed by atoms with van der Waals surface area (Å²) in [6, 6.07) is 20.9. The van der Waals surface area contributed by atoms with Gasteiger partial charge in [-0.3, -0.25) is 9.59 Å². The summed E-state index contributed by atoms with van der Waals surface area (Å²) in [7, 11) is 0. The second kappa shape index (κ2) is 7.85. The summed E-state index contributed by atoms with van der Waals surface area (Å²) in [6.07, 6.45) is 0. The van der Waals surface area contributed by atoms with E-state index in [1.165, 1.54) is 0 Å². The molecule has 0 aliphatic heterocycles. The second-order valence-electron chi connectivity index (χ2n) is 5.81. The van der Waals surface area contributed by atoms with E-state index in [4.69, 9.17) is 11.6 Å². The average molecular weight is 365 g/mol. The van der Waals surface area contributed by atoms with E-state index >= 15 is 0 Å². The molecule has 0 aliphatic rings. The van der Waals surface area contributed by atoms with Gasteiger partial charge in [-0.15, -0.1) is 0 Å². The van der Waals surface area contributed by atoms with E-state index in [2.05, 4.69) is 10.6 Å². The predicted octanol–water partition coefficient (Wildman–Crippen LogP) is 5.15. The maximum Gasteiger partial charge on any atom is 0.255 e. The van der Waals surface area contributed by atoms with Crippen LogP contribution in [-0.2, 0) is 0 Å². The summed E-state index contributed by atoms with van der Waals surface area (Å²) in [6.45, 7) is 1.92. The first-order valence-electron chi connectivity index (χ1n) is 8.07. The van der Waals surface area contributed by atoms with Crippen molar-refractivity contribution < 1.29 is 9.59 Å². The van der Waals surface area contributed by atoms with Gasteiger partial charge in [0, 0.05) is 27.5 Å². The van der Waals surface area contributed by atoms with Gasteiger partial charge in [0.2, 0.25) is 0 Å². The van der Waals surface area contributed by atoms with Gasteiger partial charge in [-0.05, 0) is 61.0 Å². The third-order valence-electron chi connectivity index (χ3n) is 3.88. The molecule has 0 bridgehead atoms. The Balaban J connectivity index is 1.75. The highest BCUT2D eigenvalue weighted by Crippen LogP contribution is 2.17. The molecule has 2 N–H and O–H groups in total.